The molecule has 0 rings (SSSR count). The predicted octanol–water partition coefficient (Wildman–Crippen LogP) is 1.61. The zero-order valence-electron chi connectivity index (χ0n) is 7.91. The number of hydrogen-bond acceptors (Lipinski definition) is 2. The average molecular weight is 145 g/mol. The molecule has 0 aromatic rings. The summed E-state index contributed by atoms with van der Waals surface area (Å²) < 4.78 is 5.34. The number of methoxy groups -OCH3 is 1. The summed E-state index contributed by atoms with van der Waals surface area (Å²) in [6, 6.07) is 0. The normalized spacial score (nSPS) is 18.6. The lowest BCUT2D eigenvalue weighted by atomic mass is 9.84. The maximum Gasteiger partial charge on any atom is 0.120 e. The SMILES string of the molecule is CNC(C)(OC)C(C)(C)C. The monoisotopic (exact) mass is 145 g/mol. The molecule has 0 aliphatic carbocycles. The third-order valence-electron chi connectivity index (χ3n) is 2.32. The molecular formula is C8H19NO. The van der Waals surface area contributed by atoms with Gasteiger partial charge in [-0.25, -0.2) is 0 Å². The van der Waals surface area contributed by atoms with Crippen molar-refractivity contribution in [3.05, 3.63) is 0 Å². The van der Waals surface area contributed by atoms with Crippen molar-refractivity contribution in [1.82, 2.24) is 5.32 Å². The Morgan fingerprint density at radius 3 is 1.50 bits per heavy atom. The molecular weight excluding hydrogens is 126 g/mol. The Morgan fingerprint density at radius 2 is 1.50 bits per heavy atom. The van der Waals surface area contributed by atoms with Crippen molar-refractivity contribution < 1.29 is 4.74 Å². The van der Waals surface area contributed by atoms with Crippen LogP contribution < -0.4 is 5.32 Å². The van der Waals surface area contributed by atoms with Crippen molar-refractivity contribution in [3.63, 3.8) is 0 Å². The second-order valence-electron chi connectivity index (χ2n) is 3.74. The van der Waals surface area contributed by atoms with Gasteiger partial charge in [0.1, 0.15) is 5.72 Å². The third kappa shape index (κ3) is 1.70. The summed E-state index contributed by atoms with van der Waals surface area (Å²) in [5, 5.41) is 3.15. The van der Waals surface area contributed by atoms with Crippen molar-refractivity contribution in [1.29, 1.82) is 0 Å². The van der Waals surface area contributed by atoms with Crippen LogP contribution in [0.15, 0.2) is 0 Å². The molecule has 0 amide bonds. The molecule has 0 aromatic heterocycles. The molecule has 0 aliphatic rings. The molecule has 0 saturated carbocycles. The highest BCUT2D eigenvalue weighted by atomic mass is 16.5. The Kier molecular flexibility index (Phi) is 2.86. The minimum absolute atomic E-state index is 0.122. The molecule has 2 nitrogen and oxygen atoms in total. The quantitative estimate of drug-likeness (QED) is 0.596. The van der Waals surface area contributed by atoms with Gasteiger partial charge in [-0.1, -0.05) is 20.8 Å². The lowest BCUT2D eigenvalue weighted by Gasteiger charge is -2.40. The maximum absolute atomic E-state index is 5.34. The van der Waals surface area contributed by atoms with Crippen LogP contribution in [0.5, 0.6) is 0 Å². The van der Waals surface area contributed by atoms with Crippen LogP contribution in [0.3, 0.4) is 0 Å². The van der Waals surface area contributed by atoms with E-state index in [2.05, 4.69) is 26.1 Å². The first-order chi connectivity index (χ1) is 4.37. The van der Waals surface area contributed by atoms with Crippen molar-refractivity contribution in [3.8, 4) is 0 Å². The van der Waals surface area contributed by atoms with Gasteiger partial charge in [0.25, 0.3) is 0 Å². The van der Waals surface area contributed by atoms with Crippen molar-refractivity contribution >= 4 is 0 Å². The van der Waals surface area contributed by atoms with Crippen LogP contribution in [0.25, 0.3) is 0 Å². The van der Waals surface area contributed by atoms with E-state index >= 15 is 0 Å². The summed E-state index contributed by atoms with van der Waals surface area (Å²) in [5.41, 5.74) is -0.108. The predicted molar refractivity (Wildman–Crippen MR) is 43.9 cm³/mol. The van der Waals surface area contributed by atoms with E-state index in [1.807, 2.05) is 14.0 Å². The molecule has 0 aliphatic heterocycles. The van der Waals surface area contributed by atoms with Crippen LogP contribution in [0.2, 0.25) is 0 Å². The Morgan fingerprint density at radius 1 is 1.10 bits per heavy atom. The molecule has 0 fully saturated rings. The molecule has 1 atom stereocenters. The molecule has 0 bridgehead atoms. The minimum atomic E-state index is -0.229. The maximum atomic E-state index is 5.34. The number of rotatable bonds is 2. The highest BCUT2D eigenvalue weighted by molar-refractivity contribution is 4.83. The van der Waals surface area contributed by atoms with Gasteiger partial charge in [0, 0.05) is 12.5 Å². The fourth-order valence-electron chi connectivity index (χ4n) is 0.783. The molecule has 1 unspecified atom stereocenters. The summed E-state index contributed by atoms with van der Waals surface area (Å²) in [5.74, 6) is 0. The van der Waals surface area contributed by atoms with E-state index in [9.17, 15) is 0 Å². The van der Waals surface area contributed by atoms with E-state index in [0.717, 1.165) is 0 Å². The fourth-order valence-corrected chi connectivity index (χ4v) is 0.783. The minimum Gasteiger partial charge on any atom is -0.364 e. The largest absolute Gasteiger partial charge is 0.364 e. The number of hydrogen-bond donors (Lipinski definition) is 1. The van der Waals surface area contributed by atoms with Crippen molar-refractivity contribution in [2.45, 2.75) is 33.4 Å². The van der Waals surface area contributed by atoms with Crippen molar-refractivity contribution in [2.75, 3.05) is 14.2 Å². The number of ether oxygens (including phenoxy) is 1. The molecule has 62 valence electrons. The van der Waals surface area contributed by atoms with Gasteiger partial charge < -0.3 is 4.74 Å². The van der Waals surface area contributed by atoms with E-state index in [0.29, 0.717) is 0 Å². The van der Waals surface area contributed by atoms with Gasteiger partial charge in [-0.15, -0.1) is 0 Å². The average Bonchev–Trinajstić information content (AvgIpc) is 1.84. The first-order valence-corrected chi connectivity index (χ1v) is 3.61. The van der Waals surface area contributed by atoms with Gasteiger partial charge in [-0.3, -0.25) is 5.32 Å². The smallest absolute Gasteiger partial charge is 0.120 e. The molecule has 2 heteroatoms. The molecule has 0 aromatic carbocycles. The van der Waals surface area contributed by atoms with Gasteiger partial charge in [-0.2, -0.15) is 0 Å². The molecule has 1 N–H and O–H groups in total. The third-order valence-corrected chi connectivity index (χ3v) is 2.32. The highest BCUT2D eigenvalue weighted by Crippen LogP contribution is 2.29. The van der Waals surface area contributed by atoms with E-state index in [1.165, 1.54) is 0 Å². The molecule has 0 saturated heterocycles. The zero-order valence-corrected chi connectivity index (χ0v) is 7.91. The summed E-state index contributed by atoms with van der Waals surface area (Å²) >= 11 is 0. The number of nitrogens with one attached hydrogen (secondary N) is 1. The van der Waals surface area contributed by atoms with Crippen LogP contribution in [-0.2, 0) is 4.74 Å². The van der Waals surface area contributed by atoms with E-state index < -0.39 is 0 Å². The van der Waals surface area contributed by atoms with E-state index in [1.54, 1.807) is 7.11 Å². The highest BCUT2D eigenvalue weighted by Gasteiger charge is 2.35. The summed E-state index contributed by atoms with van der Waals surface area (Å²) in [4.78, 5) is 0. The lowest BCUT2D eigenvalue weighted by molar-refractivity contribution is -0.0978. The molecule has 0 radical (unpaired) electrons. The van der Waals surface area contributed by atoms with Crippen LogP contribution in [0.4, 0.5) is 0 Å². The van der Waals surface area contributed by atoms with Crippen LogP contribution >= 0.6 is 0 Å². The fraction of sp³-hybridized carbons (Fsp3) is 1.00. The second kappa shape index (κ2) is 2.89. The first kappa shape index (κ1) is 9.92. The summed E-state index contributed by atoms with van der Waals surface area (Å²) in [6.07, 6.45) is 0. The van der Waals surface area contributed by atoms with Gasteiger partial charge in [0.2, 0.25) is 0 Å². The van der Waals surface area contributed by atoms with Crippen LogP contribution in [0.1, 0.15) is 27.7 Å². The first-order valence-electron chi connectivity index (χ1n) is 3.61. The van der Waals surface area contributed by atoms with Crippen molar-refractivity contribution in [2.24, 2.45) is 5.41 Å². The Balaban J connectivity index is 4.33. The van der Waals surface area contributed by atoms with Crippen LogP contribution in [0, 0.1) is 5.41 Å². The van der Waals surface area contributed by atoms with Gasteiger partial charge >= 0.3 is 0 Å². The molecule has 10 heavy (non-hydrogen) atoms. The lowest BCUT2D eigenvalue weighted by Crippen LogP contribution is -2.52. The van der Waals surface area contributed by atoms with Crippen LogP contribution in [-0.4, -0.2) is 19.9 Å². The topological polar surface area (TPSA) is 21.3 Å². The Hall–Kier alpha value is -0.0800. The van der Waals surface area contributed by atoms with E-state index in [4.69, 9.17) is 4.74 Å². The Bertz CT molecular complexity index is 100. The standard InChI is InChI=1S/C8H19NO/c1-7(2,3)8(4,9-5)10-6/h9H,1-6H3. The van der Waals surface area contributed by atoms with Gasteiger partial charge in [0.15, 0.2) is 0 Å². The summed E-state index contributed by atoms with van der Waals surface area (Å²) in [6.45, 7) is 8.49. The summed E-state index contributed by atoms with van der Waals surface area (Å²) in [7, 11) is 3.64. The Labute approximate surface area is 64.0 Å². The molecule has 0 spiro atoms. The second-order valence-corrected chi connectivity index (χ2v) is 3.74. The van der Waals surface area contributed by atoms with Gasteiger partial charge in [0.05, 0.1) is 0 Å². The van der Waals surface area contributed by atoms with Gasteiger partial charge in [-0.05, 0) is 14.0 Å². The van der Waals surface area contributed by atoms with E-state index in [-0.39, 0.29) is 11.1 Å². The molecule has 0 heterocycles. The zero-order chi connectivity index (χ0) is 8.41.